The van der Waals surface area contributed by atoms with E-state index in [0.29, 0.717) is 12.2 Å². The van der Waals surface area contributed by atoms with Crippen LogP contribution in [0, 0.1) is 0 Å². The van der Waals surface area contributed by atoms with Gasteiger partial charge in [0.15, 0.2) is 0 Å². The van der Waals surface area contributed by atoms with Gasteiger partial charge in [-0.1, -0.05) is 19.8 Å². The largest absolute Gasteiger partial charge is 0.336 e. The Morgan fingerprint density at radius 3 is 2.75 bits per heavy atom. The molecule has 0 saturated heterocycles. The fourth-order valence-corrected chi connectivity index (χ4v) is 3.01. The van der Waals surface area contributed by atoms with E-state index < -0.39 is 0 Å². The molecular weight excluding hydrogens is 252 g/mol. The molecule has 2 unspecified atom stereocenters. The fourth-order valence-electron chi connectivity index (χ4n) is 3.01. The Kier molecular flexibility index (Phi) is 4.81. The second kappa shape index (κ2) is 6.39. The van der Waals surface area contributed by atoms with Crippen molar-refractivity contribution < 1.29 is 4.79 Å². The van der Waals surface area contributed by atoms with Crippen molar-refractivity contribution in [3.05, 3.63) is 17.5 Å². The lowest BCUT2D eigenvalue weighted by molar-refractivity contribution is 0.0659. The molecule has 2 rings (SSSR count). The van der Waals surface area contributed by atoms with Gasteiger partial charge in [0.2, 0.25) is 0 Å². The normalized spacial score (nSPS) is 22.8. The van der Waals surface area contributed by atoms with Gasteiger partial charge in [-0.2, -0.15) is 5.10 Å². The third-order valence-corrected chi connectivity index (χ3v) is 4.31. The number of amides is 1. The number of aromatic nitrogens is 2. The number of rotatable bonds is 4. The van der Waals surface area contributed by atoms with E-state index in [1.165, 1.54) is 6.42 Å². The molecule has 1 heterocycles. The van der Waals surface area contributed by atoms with Gasteiger partial charge in [0.05, 0.1) is 5.69 Å². The molecule has 20 heavy (non-hydrogen) atoms. The number of carbonyl (C=O) groups is 1. The summed E-state index contributed by atoms with van der Waals surface area (Å²) in [4.78, 5) is 14.5. The van der Waals surface area contributed by atoms with Crippen LogP contribution >= 0.6 is 0 Å². The number of nitrogens with zero attached hydrogens (tertiary/aromatic N) is 3. The predicted molar refractivity (Wildman–Crippen MR) is 79.6 cm³/mol. The third-order valence-electron chi connectivity index (χ3n) is 4.31. The van der Waals surface area contributed by atoms with Crippen LogP contribution in [0.25, 0.3) is 0 Å². The molecule has 5 nitrogen and oxygen atoms in total. The van der Waals surface area contributed by atoms with E-state index in [9.17, 15) is 4.79 Å². The summed E-state index contributed by atoms with van der Waals surface area (Å²) in [5.74, 6) is 0.0430. The van der Waals surface area contributed by atoms with Crippen molar-refractivity contribution in [3.63, 3.8) is 0 Å². The number of hydrogen-bond donors (Lipinski definition) is 1. The third kappa shape index (κ3) is 2.87. The molecule has 1 aliphatic rings. The molecule has 1 saturated carbocycles. The maximum Gasteiger partial charge on any atom is 0.272 e. The highest BCUT2D eigenvalue weighted by atomic mass is 16.2. The van der Waals surface area contributed by atoms with Gasteiger partial charge in [0, 0.05) is 25.7 Å². The minimum atomic E-state index is 0.0430. The van der Waals surface area contributed by atoms with Crippen LogP contribution in [-0.2, 0) is 13.0 Å². The Morgan fingerprint density at radius 2 is 2.15 bits per heavy atom. The van der Waals surface area contributed by atoms with Crippen molar-refractivity contribution in [2.75, 3.05) is 7.05 Å². The van der Waals surface area contributed by atoms with E-state index in [2.05, 4.69) is 12.0 Å². The molecule has 2 N–H and O–H groups in total. The average molecular weight is 278 g/mol. The maximum absolute atomic E-state index is 12.7. The van der Waals surface area contributed by atoms with Crippen LogP contribution < -0.4 is 5.73 Å². The van der Waals surface area contributed by atoms with E-state index in [1.807, 2.05) is 24.9 Å². The first-order chi connectivity index (χ1) is 9.58. The minimum Gasteiger partial charge on any atom is -0.336 e. The van der Waals surface area contributed by atoms with Gasteiger partial charge in [-0.3, -0.25) is 9.48 Å². The Balaban J connectivity index is 2.19. The highest BCUT2D eigenvalue weighted by Crippen LogP contribution is 2.22. The number of likely N-dealkylation sites (N-methyl/N-ethyl adjacent to an activating group) is 1. The van der Waals surface area contributed by atoms with Gasteiger partial charge in [0.25, 0.3) is 5.91 Å². The molecule has 0 radical (unpaired) electrons. The highest BCUT2D eigenvalue weighted by molar-refractivity contribution is 5.92. The molecule has 0 aliphatic heterocycles. The highest BCUT2D eigenvalue weighted by Gasteiger charge is 2.30. The topological polar surface area (TPSA) is 64.2 Å². The van der Waals surface area contributed by atoms with Crippen LogP contribution in [0.1, 0.15) is 55.7 Å². The molecule has 2 atom stereocenters. The van der Waals surface area contributed by atoms with Crippen LogP contribution in [0.4, 0.5) is 0 Å². The summed E-state index contributed by atoms with van der Waals surface area (Å²) >= 11 is 0. The standard InChI is InChI=1S/C15H26N4O/c1-4-11-10-14(19(5-2)17-11)15(20)18(3)13-9-7-6-8-12(13)16/h10,12-13H,4-9,16H2,1-3H3. The van der Waals surface area contributed by atoms with E-state index >= 15 is 0 Å². The molecule has 1 aromatic rings. The van der Waals surface area contributed by atoms with Crippen LogP contribution in [-0.4, -0.2) is 39.7 Å². The van der Waals surface area contributed by atoms with Gasteiger partial charge in [0.1, 0.15) is 5.69 Å². The van der Waals surface area contributed by atoms with Crippen LogP contribution in [0.2, 0.25) is 0 Å². The zero-order valence-electron chi connectivity index (χ0n) is 12.8. The second-order valence-corrected chi connectivity index (χ2v) is 5.62. The molecule has 1 fully saturated rings. The average Bonchev–Trinajstić information content (AvgIpc) is 2.89. The van der Waals surface area contributed by atoms with E-state index in [0.717, 1.165) is 31.4 Å². The minimum absolute atomic E-state index is 0.0430. The van der Waals surface area contributed by atoms with Crippen LogP contribution in [0.3, 0.4) is 0 Å². The summed E-state index contributed by atoms with van der Waals surface area (Å²) < 4.78 is 1.80. The summed E-state index contributed by atoms with van der Waals surface area (Å²) in [6, 6.07) is 2.17. The number of aryl methyl sites for hydroxylation is 2. The summed E-state index contributed by atoms with van der Waals surface area (Å²) in [6.07, 6.45) is 5.19. The maximum atomic E-state index is 12.7. The molecule has 0 aromatic carbocycles. The Labute approximate surface area is 121 Å². The van der Waals surface area contributed by atoms with Crippen molar-refractivity contribution in [1.29, 1.82) is 0 Å². The van der Waals surface area contributed by atoms with Crippen molar-refractivity contribution in [2.45, 2.75) is 64.6 Å². The first-order valence-corrected chi connectivity index (χ1v) is 7.67. The summed E-state index contributed by atoms with van der Waals surface area (Å²) in [7, 11) is 1.87. The zero-order chi connectivity index (χ0) is 14.7. The van der Waals surface area contributed by atoms with E-state index in [-0.39, 0.29) is 18.0 Å². The first-order valence-electron chi connectivity index (χ1n) is 7.67. The molecule has 0 bridgehead atoms. The lowest BCUT2D eigenvalue weighted by atomic mass is 9.90. The number of nitrogens with two attached hydrogens (primary N) is 1. The van der Waals surface area contributed by atoms with Crippen LogP contribution in [0.15, 0.2) is 6.07 Å². The quantitative estimate of drug-likeness (QED) is 0.913. The lowest BCUT2D eigenvalue weighted by Gasteiger charge is -2.36. The van der Waals surface area contributed by atoms with Gasteiger partial charge >= 0.3 is 0 Å². The van der Waals surface area contributed by atoms with Gasteiger partial charge in [-0.15, -0.1) is 0 Å². The fraction of sp³-hybridized carbons (Fsp3) is 0.733. The Hall–Kier alpha value is -1.36. The zero-order valence-corrected chi connectivity index (χ0v) is 12.8. The van der Waals surface area contributed by atoms with Crippen molar-refractivity contribution >= 4 is 5.91 Å². The molecule has 1 aromatic heterocycles. The summed E-state index contributed by atoms with van der Waals surface area (Å²) in [5.41, 5.74) is 7.84. The van der Waals surface area contributed by atoms with Crippen LogP contribution in [0.5, 0.6) is 0 Å². The first kappa shape index (κ1) is 15.0. The molecule has 112 valence electrons. The van der Waals surface area contributed by atoms with Crippen molar-refractivity contribution in [2.24, 2.45) is 5.73 Å². The number of carbonyl (C=O) groups excluding carboxylic acids is 1. The Bertz CT molecular complexity index is 468. The summed E-state index contributed by atoms with van der Waals surface area (Å²) in [5, 5.41) is 4.45. The Morgan fingerprint density at radius 1 is 1.45 bits per heavy atom. The molecule has 1 aliphatic carbocycles. The number of hydrogen-bond acceptors (Lipinski definition) is 3. The molecule has 1 amide bonds. The van der Waals surface area contributed by atoms with E-state index in [4.69, 9.17) is 5.73 Å². The summed E-state index contributed by atoms with van der Waals surface area (Å²) in [6.45, 7) is 4.78. The molecule has 0 spiro atoms. The van der Waals surface area contributed by atoms with Gasteiger partial charge in [-0.05, 0) is 32.3 Å². The smallest absolute Gasteiger partial charge is 0.272 e. The van der Waals surface area contributed by atoms with Crippen molar-refractivity contribution in [3.8, 4) is 0 Å². The lowest BCUT2D eigenvalue weighted by Crippen LogP contribution is -2.50. The van der Waals surface area contributed by atoms with E-state index in [1.54, 1.807) is 4.68 Å². The van der Waals surface area contributed by atoms with Gasteiger partial charge < -0.3 is 10.6 Å². The molecule has 5 heteroatoms. The van der Waals surface area contributed by atoms with Crippen molar-refractivity contribution in [1.82, 2.24) is 14.7 Å². The SMILES string of the molecule is CCc1cc(C(=O)N(C)C2CCCCC2N)n(CC)n1. The van der Waals surface area contributed by atoms with Gasteiger partial charge in [-0.25, -0.2) is 0 Å². The predicted octanol–water partition coefficient (Wildman–Crippen LogP) is 1.81. The second-order valence-electron chi connectivity index (χ2n) is 5.62. The molecular formula is C15H26N4O. The monoisotopic (exact) mass is 278 g/mol.